The van der Waals surface area contributed by atoms with Crippen LogP contribution in [0.1, 0.15) is 38.5 Å². The van der Waals surface area contributed by atoms with Gasteiger partial charge < -0.3 is 5.32 Å². The van der Waals surface area contributed by atoms with Crippen molar-refractivity contribution in [3.05, 3.63) is 0 Å². The van der Waals surface area contributed by atoms with Crippen molar-refractivity contribution in [2.45, 2.75) is 44.4 Å². The molecule has 1 aliphatic carbocycles. The van der Waals surface area contributed by atoms with E-state index in [1.807, 2.05) is 0 Å². The predicted molar refractivity (Wildman–Crippen MR) is 62.9 cm³/mol. The van der Waals surface area contributed by atoms with Crippen LogP contribution in [0.25, 0.3) is 0 Å². The van der Waals surface area contributed by atoms with Gasteiger partial charge in [-0.05, 0) is 25.7 Å². The van der Waals surface area contributed by atoms with Gasteiger partial charge in [0.15, 0.2) is 0 Å². The van der Waals surface area contributed by atoms with E-state index in [1.54, 1.807) is 0 Å². The highest BCUT2D eigenvalue weighted by molar-refractivity contribution is 9.09. The summed E-state index contributed by atoms with van der Waals surface area (Å²) in [5.41, 5.74) is 0. The van der Waals surface area contributed by atoms with Gasteiger partial charge in [-0.25, -0.2) is 8.78 Å². The molecule has 1 saturated carbocycles. The highest BCUT2D eigenvalue weighted by Crippen LogP contribution is 2.36. The smallest absolute Gasteiger partial charge is 0.248 e. The Morgan fingerprint density at radius 3 is 2.50 bits per heavy atom. The first-order valence-electron chi connectivity index (χ1n) is 5.77. The summed E-state index contributed by atoms with van der Waals surface area (Å²) in [5, 5.41) is 3.74. The zero-order valence-electron chi connectivity index (χ0n) is 9.28. The van der Waals surface area contributed by atoms with Crippen LogP contribution in [-0.4, -0.2) is 23.7 Å². The monoisotopic (exact) mass is 297 g/mol. The second kappa shape index (κ2) is 6.52. The molecule has 0 saturated heterocycles. The summed E-state index contributed by atoms with van der Waals surface area (Å²) >= 11 is 3.31. The molecule has 0 radical (unpaired) electrons. The molecule has 0 unspecified atom stereocenters. The van der Waals surface area contributed by atoms with Gasteiger partial charge in [0.25, 0.3) is 0 Å². The molecule has 2 nitrogen and oxygen atoms in total. The Labute approximate surface area is 103 Å². The average Bonchev–Trinajstić information content (AvgIpc) is 2.24. The predicted octanol–water partition coefficient (Wildman–Crippen LogP) is 3.10. The minimum Gasteiger partial charge on any atom is -0.356 e. The van der Waals surface area contributed by atoms with E-state index in [9.17, 15) is 13.6 Å². The zero-order chi connectivity index (χ0) is 12.0. The summed E-state index contributed by atoms with van der Waals surface area (Å²) in [6, 6.07) is 0. The van der Waals surface area contributed by atoms with Crippen molar-refractivity contribution >= 4 is 21.8 Å². The fourth-order valence-corrected chi connectivity index (χ4v) is 2.27. The molecule has 16 heavy (non-hydrogen) atoms. The number of amides is 1. The minimum absolute atomic E-state index is 0.0509. The van der Waals surface area contributed by atoms with Crippen LogP contribution in [0, 0.1) is 5.92 Å². The fourth-order valence-electron chi connectivity index (χ4n) is 1.88. The van der Waals surface area contributed by atoms with Crippen molar-refractivity contribution < 1.29 is 13.6 Å². The standard InChI is InChI=1S/C11H18BrF2NO/c12-7-1-2-8-15-10(16)9-3-5-11(13,14)6-4-9/h9H,1-8H2,(H,15,16). The number of carbonyl (C=O) groups excluding carboxylic acids is 1. The highest BCUT2D eigenvalue weighted by Gasteiger charge is 2.37. The van der Waals surface area contributed by atoms with Crippen molar-refractivity contribution in [1.29, 1.82) is 0 Å². The molecule has 0 aromatic rings. The summed E-state index contributed by atoms with van der Waals surface area (Å²) < 4.78 is 25.7. The summed E-state index contributed by atoms with van der Waals surface area (Å²) in [4.78, 5) is 11.6. The van der Waals surface area contributed by atoms with Crippen LogP contribution in [0.3, 0.4) is 0 Å². The molecule has 0 spiro atoms. The Morgan fingerprint density at radius 2 is 1.94 bits per heavy atom. The van der Waals surface area contributed by atoms with Crippen LogP contribution in [0.15, 0.2) is 0 Å². The van der Waals surface area contributed by atoms with E-state index in [0.717, 1.165) is 18.2 Å². The maximum Gasteiger partial charge on any atom is 0.248 e. The first-order chi connectivity index (χ1) is 7.55. The van der Waals surface area contributed by atoms with E-state index in [4.69, 9.17) is 0 Å². The third-order valence-corrected chi connectivity index (χ3v) is 3.51. The normalized spacial score (nSPS) is 20.7. The van der Waals surface area contributed by atoms with E-state index < -0.39 is 5.92 Å². The van der Waals surface area contributed by atoms with Gasteiger partial charge in [0.2, 0.25) is 11.8 Å². The topological polar surface area (TPSA) is 29.1 Å². The lowest BCUT2D eigenvalue weighted by Crippen LogP contribution is -2.36. The fraction of sp³-hybridized carbons (Fsp3) is 0.909. The highest BCUT2D eigenvalue weighted by atomic mass is 79.9. The van der Waals surface area contributed by atoms with Crippen LogP contribution in [-0.2, 0) is 4.79 Å². The van der Waals surface area contributed by atoms with Crippen molar-refractivity contribution in [3.8, 4) is 0 Å². The maximum atomic E-state index is 12.9. The first kappa shape index (κ1) is 13.9. The number of alkyl halides is 3. The van der Waals surface area contributed by atoms with Crippen molar-refractivity contribution in [3.63, 3.8) is 0 Å². The van der Waals surface area contributed by atoms with Gasteiger partial charge in [-0.3, -0.25) is 4.79 Å². The van der Waals surface area contributed by atoms with Gasteiger partial charge in [-0.1, -0.05) is 15.9 Å². The second-order valence-corrected chi connectivity index (χ2v) is 5.11. The molecule has 0 atom stereocenters. The minimum atomic E-state index is -2.55. The third kappa shape index (κ3) is 4.76. The number of unbranched alkanes of at least 4 members (excludes halogenated alkanes) is 1. The van der Waals surface area contributed by atoms with Gasteiger partial charge in [-0.2, -0.15) is 0 Å². The summed E-state index contributed by atoms with van der Waals surface area (Å²) in [7, 11) is 0. The van der Waals surface area contributed by atoms with E-state index in [-0.39, 0.29) is 24.7 Å². The van der Waals surface area contributed by atoms with Crippen LogP contribution in [0.5, 0.6) is 0 Å². The Hall–Kier alpha value is -0.190. The van der Waals surface area contributed by atoms with Crippen molar-refractivity contribution in [1.82, 2.24) is 5.32 Å². The van der Waals surface area contributed by atoms with Crippen LogP contribution < -0.4 is 5.32 Å². The Balaban J connectivity index is 2.18. The largest absolute Gasteiger partial charge is 0.356 e. The molecule has 1 fully saturated rings. The molecule has 0 aromatic carbocycles. The lowest BCUT2D eigenvalue weighted by molar-refractivity contribution is -0.129. The Morgan fingerprint density at radius 1 is 1.31 bits per heavy atom. The second-order valence-electron chi connectivity index (χ2n) is 4.32. The molecular formula is C11H18BrF2NO. The van der Waals surface area contributed by atoms with Crippen LogP contribution in [0.2, 0.25) is 0 Å². The van der Waals surface area contributed by atoms with Crippen molar-refractivity contribution in [2.75, 3.05) is 11.9 Å². The number of nitrogens with one attached hydrogen (secondary N) is 1. The SMILES string of the molecule is O=C(NCCCCBr)C1CCC(F)(F)CC1. The molecule has 0 heterocycles. The number of rotatable bonds is 5. The lowest BCUT2D eigenvalue weighted by Gasteiger charge is -2.27. The zero-order valence-corrected chi connectivity index (χ0v) is 10.9. The Bertz CT molecular complexity index is 226. The lowest BCUT2D eigenvalue weighted by atomic mass is 9.86. The summed E-state index contributed by atoms with van der Waals surface area (Å²) in [5.74, 6) is -2.80. The summed E-state index contributed by atoms with van der Waals surface area (Å²) in [6.45, 7) is 0.650. The van der Waals surface area contributed by atoms with Gasteiger partial charge in [-0.15, -0.1) is 0 Å². The maximum absolute atomic E-state index is 12.9. The van der Waals surface area contributed by atoms with Gasteiger partial charge in [0.05, 0.1) is 0 Å². The van der Waals surface area contributed by atoms with Gasteiger partial charge >= 0.3 is 0 Å². The average molecular weight is 298 g/mol. The summed E-state index contributed by atoms with van der Waals surface area (Å²) in [6.07, 6.45) is 2.29. The molecule has 0 aromatic heterocycles. The molecule has 0 bridgehead atoms. The van der Waals surface area contributed by atoms with Crippen LogP contribution >= 0.6 is 15.9 Å². The van der Waals surface area contributed by atoms with E-state index in [2.05, 4.69) is 21.2 Å². The number of halogens is 3. The molecule has 1 aliphatic rings. The molecule has 1 N–H and O–H groups in total. The van der Waals surface area contributed by atoms with Gasteiger partial charge in [0, 0.05) is 30.6 Å². The van der Waals surface area contributed by atoms with Crippen LogP contribution in [0.4, 0.5) is 8.78 Å². The quantitative estimate of drug-likeness (QED) is 0.613. The molecule has 94 valence electrons. The van der Waals surface area contributed by atoms with Crippen molar-refractivity contribution in [2.24, 2.45) is 5.92 Å². The van der Waals surface area contributed by atoms with E-state index in [1.165, 1.54) is 0 Å². The molecule has 1 amide bonds. The van der Waals surface area contributed by atoms with Gasteiger partial charge in [0.1, 0.15) is 0 Å². The van der Waals surface area contributed by atoms with E-state index >= 15 is 0 Å². The molecular weight excluding hydrogens is 280 g/mol. The molecule has 0 aliphatic heterocycles. The molecule has 1 rings (SSSR count). The Kier molecular flexibility index (Phi) is 5.66. The van der Waals surface area contributed by atoms with E-state index in [0.29, 0.717) is 19.4 Å². The molecule has 5 heteroatoms. The number of carbonyl (C=O) groups is 1. The third-order valence-electron chi connectivity index (χ3n) is 2.95. The number of hydrogen-bond donors (Lipinski definition) is 1. The number of hydrogen-bond acceptors (Lipinski definition) is 1. The first-order valence-corrected chi connectivity index (χ1v) is 6.89.